The first-order valence-corrected chi connectivity index (χ1v) is 7.62. The van der Waals surface area contributed by atoms with E-state index in [-0.39, 0.29) is 5.97 Å². The lowest BCUT2D eigenvalue weighted by molar-refractivity contribution is -0.150. The van der Waals surface area contributed by atoms with Gasteiger partial charge in [0, 0.05) is 0 Å². The molecule has 0 saturated heterocycles. The Kier molecular flexibility index (Phi) is 7.83. The van der Waals surface area contributed by atoms with Crippen molar-refractivity contribution >= 4 is 5.97 Å². The molecule has 0 aromatic heterocycles. The summed E-state index contributed by atoms with van der Waals surface area (Å²) in [5.41, 5.74) is 0.713. The summed E-state index contributed by atoms with van der Waals surface area (Å²) >= 11 is 0. The van der Waals surface area contributed by atoms with Crippen LogP contribution in [0.3, 0.4) is 0 Å². The van der Waals surface area contributed by atoms with E-state index in [1.807, 2.05) is 19.1 Å². The lowest BCUT2D eigenvalue weighted by Gasteiger charge is -2.21. The molecule has 0 saturated carbocycles. The SMILES string of the molecule is CCCCC(C(=O)OC)C(O)c1ccc(OCCC)cc1. The second kappa shape index (κ2) is 9.40. The maximum atomic E-state index is 11.8. The molecular formula is C17H26O4. The van der Waals surface area contributed by atoms with Crippen molar-refractivity contribution in [1.29, 1.82) is 0 Å². The Morgan fingerprint density at radius 2 is 1.86 bits per heavy atom. The van der Waals surface area contributed by atoms with Gasteiger partial charge in [0.25, 0.3) is 0 Å². The van der Waals surface area contributed by atoms with E-state index in [0.717, 1.165) is 25.0 Å². The van der Waals surface area contributed by atoms with Gasteiger partial charge >= 0.3 is 5.97 Å². The van der Waals surface area contributed by atoms with Crippen LogP contribution in [0, 0.1) is 5.92 Å². The molecule has 0 aliphatic heterocycles. The maximum Gasteiger partial charge on any atom is 0.311 e. The minimum Gasteiger partial charge on any atom is -0.494 e. The van der Waals surface area contributed by atoms with E-state index in [4.69, 9.17) is 9.47 Å². The molecule has 0 aliphatic rings. The van der Waals surface area contributed by atoms with Crippen molar-refractivity contribution in [2.75, 3.05) is 13.7 Å². The number of unbranched alkanes of at least 4 members (excludes halogenated alkanes) is 1. The van der Waals surface area contributed by atoms with Gasteiger partial charge in [0.15, 0.2) is 0 Å². The van der Waals surface area contributed by atoms with E-state index in [1.165, 1.54) is 7.11 Å². The van der Waals surface area contributed by atoms with E-state index >= 15 is 0 Å². The highest BCUT2D eigenvalue weighted by Crippen LogP contribution is 2.28. The molecule has 0 fully saturated rings. The van der Waals surface area contributed by atoms with E-state index in [1.54, 1.807) is 12.1 Å². The minimum atomic E-state index is -0.843. The number of hydrogen-bond donors (Lipinski definition) is 1. The number of ether oxygens (including phenoxy) is 2. The first-order chi connectivity index (χ1) is 10.1. The Morgan fingerprint density at radius 3 is 2.38 bits per heavy atom. The fourth-order valence-electron chi connectivity index (χ4n) is 2.19. The number of carbonyl (C=O) groups is 1. The van der Waals surface area contributed by atoms with Crippen molar-refractivity contribution in [3.63, 3.8) is 0 Å². The Bertz CT molecular complexity index is 413. The van der Waals surface area contributed by atoms with Gasteiger partial charge in [0.2, 0.25) is 0 Å². The summed E-state index contributed by atoms with van der Waals surface area (Å²) in [7, 11) is 1.36. The molecule has 0 spiro atoms. The number of carbonyl (C=O) groups excluding carboxylic acids is 1. The standard InChI is InChI=1S/C17H26O4/c1-4-6-7-15(17(19)20-3)16(18)13-8-10-14(11-9-13)21-12-5-2/h8-11,15-16,18H,4-7,12H2,1-3H3. The highest BCUT2D eigenvalue weighted by Gasteiger charge is 2.28. The van der Waals surface area contributed by atoms with E-state index in [2.05, 4.69) is 6.92 Å². The number of methoxy groups -OCH3 is 1. The first kappa shape index (κ1) is 17.5. The zero-order valence-corrected chi connectivity index (χ0v) is 13.2. The largest absolute Gasteiger partial charge is 0.494 e. The van der Waals surface area contributed by atoms with Crippen LogP contribution in [-0.4, -0.2) is 24.8 Å². The molecule has 1 aromatic rings. The van der Waals surface area contributed by atoms with Gasteiger partial charge in [0.1, 0.15) is 5.75 Å². The van der Waals surface area contributed by atoms with Crippen LogP contribution >= 0.6 is 0 Å². The van der Waals surface area contributed by atoms with Crippen LogP contribution in [0.2, 0.25) is 0 Å². The third-order valence-corrected chi connectivity index (χ3v) is 3.45. The highest BCUT2D eigenvalue weighted by molar-refractivity contribution is 5.73. The zero-order chi connectivity index (χ0) is 15.7. The van der Waals surface area contributed by atoms with Crippen molar-refractivity contribution < 1.29 is 19.4 Å². The highest BCUT2D eigenvalue weighted by atomic mass is 16.5. The fraction of sp³-hybridized carbons (Fsp3) is 0.588. The van der Waals surface area contributed by atoms with Gasteiger partial charge in [-0.15, -0.1) is 0 Å². The molecular weight excluding hydrogens is 268 g/mol. The lowest BCUT2D eigenvalue weighted by Crippen LogP contribution is -2.23. The summed E-state index contributed by atoms with van der Waals surface area (Å²) < 4.78 is 10.3. The number of rotatable bonds is 9. The molecule has 1 N–H and O–H groups in total. The molecule has 118 valence electrons. The molecule has 0 amide bonds. The summed E-state index contributed by atoms with van der Waals surface area (Å²) in [6.07, 6.45) is 2.59. The van der Waals surface area contributed by atoms with Gasteiger partial charge in [-0.25, -0.2) is 0 Å². The van der Waals surface area contributed by atoms with Crippen LogP contribution in [0.5, 0.6) is 5.75 Å². The topological polar surface area (TPSA) is 55.8 Å². The molecule has 0 radical (unpaired) electrons. The predicted molar refractivity (Wildman–Crippen MR) is 82.2 cm³/mol. The molecule has 0 heterocycles. The molecule has 4 nitrogen and oxygen atoms in total. The number of aliphatic hydroxyl groups excluding tert-OH is 1. The minimum absolute atomic E-state index is 0.359. The predicted octanol–water partition coefficient (Wildman–Crippen LogP) is 3.49. The van der Waals surface area contributed by atoms with Crippen molar-refractivity contribution in [2.45, 2.75) is 45.6 Å². The van der Waals surface area contributed by atoms with E-state index in [9.17, 15) is 9.90 Å². The summed E-state index contributed by atoms with van der Waals surface area (Å²) in [6, 6.07) is 7.25. The summed E-state index contributed by atoms with van der Waals surface area (Å²) in [5, 5.41) is 10.4. The second-order valence-electron chi connectivity index (χ2n) is 5.13. The number of esters is 1. The zero-order valence-electron chi connectivity index (χ0n) is 13.2. The average Bonchev–Trinajstić information content (AvgIpc) is 2.53. The number of benzene rings is 1. The Hall–Kier alpha value is -1.55. The van der Waals surface area contributed by atoms with Crippen LogP contribution in [0.15, 0.2) is 24.3 Å². The molecule has 0 bridgehead atoms. The van der Waals surface area contributed by atoms with Gasteiger partial charge < -0.3 is 14.6 Å². The molecule has 2 atom stereocenters. The molecule has 4 heteroatoms. The molecule has 2 unspecified atom stereocenters. The van der Waals surface area contributed by atoms with E-state index < -0.39 is 12.0 Å². The van der Waals surface area contributed by atoms with Crippen LogP contribution < -0.4 is 4.74 Å². The van der Waals surface area contributed by atoms with Crippen molar-refractivity contribution in [2.24, 2.45) is 5.92 Å². The maximum absolute atomic E-state index is 11.8. The average molecular weight is 294 g/mol. The van der Waals surface area contributed by atoms with Crippen LogP contribution in [-0.2, 0) is 9.53 Å². The van der Waals surface area contributed by atoms with Gasteiger partial charge in [-0.05, 0) is 30.5 Å². The number of aliphatic hydroxyl groups is 1. The summed E-state index contributed by atoms with van der Waals surface area (Å²) in [6.45, 7) is 4.77. The van der Waals surface area contributed by atoms with Crippen LogP contribution in [0.25, 0.3) is 0 Å². The van der Waals surface area contributed by atoms with Crippen molar-refractivity contribution in [1.82, 2.24) is 0 Å². The summed E-state index contributed by atoms with van der Waals surface area (Å²) in [5.74, 6) is -0.101. The Morgan fingerprint density at radius 1 is 1.19 bits per heavy atom. The molecule has 0 aliphatic carbocycles. The monoisotopic (exact) mass is 294 g/mol. The Labute approximate surface area is 127 Å². The molecule has 1 aromatic carbocycles. The smallest absolute Gasteiger partial charge is 0.311 e. The molecule has 21 heavy (non-hydrogen) atoms. The van der Waals surface area contributed by atoms with Crippen molar-refractivity contribution in [3.05, 3.63) is 29.8 Å². The van der Waals surface area contributed by atoms with Gasteiger partial charge in [-0.3, -0.25) is 4.79 Å². The quantitative estimate of drug-likeness (QED) is 0.708. The van der Waals surface area contributed by atoms with Crippen molar-refractivity contribution in [3.8, 4) is 5.75 Å². The molecule has 1 rings (SSSR count). The lowest BCUT2D eigenvalue weighted by atomic mass is 9.91. The third kappa shape index (κ3) is 5.38. The second-order valence-corrected chi connectivity index (χ2v) is 5.13. The fourth-order valence-corrected chi connectivity index (χ4v) is 2.19. The number of hydrogen-bond acceptors (Lipinski definition) is 4. The van der Waals surface area contributed by atoms with Gasteiger partial charge in [0.05, 0.1) is 25.7 Å². The van der Waals surface area contributed by atoms with Crippen LogP contribution in [0.1, 0.15) is 51.2 Å². The van der Waals surface area contributed by atoms with E-state index in [0.29, 0.717) is 18.6 Å². The Balaban J connectivity index is 2.77. The normalized spacial score (nSPS) is 13.5. The van der Waals surface area contributed by atoms with Gasteiger partial charge in [-0.2, -0.15) is 0 Å². The first-order valence-electron chi connectivity index (χ1n) is 7.62. The summed E-state index contributed by atoms with van der Waals surface area (Å²) in [4.78, 5) is 11.8. The third-order valence-electron chi connectivity index (χ3n) is 3.45. The van der Waals surface area contributed by atoms with Crippen LogP contribution in [0.4, 0.5) is 0 Å². The van der Waals surface area contributed by atoms with Gasteiger partial charge in [-0.1, -0.05) is 38.8 Å².